The first-order valence-electron chi connectivity index (χ1n) is 7.84. The minimum atomic E-state index is -0.887. The lowest BCUT2D eigenvalue weighted by molar-refractivity contribution is 0.0618. The highest BCUT2D eigenvalue weighted by Gasteiger charge is 2.68. The van der Waals surface area contributed by atoms with Crippen LogP contribution in [0.4, 0.5) is 0 Å². The Bertz CT molecular complexity index is 837. The van der Waals surface area contributed by atoms with Crippen molar-refractivity contribution in [2.24, 2.45) is 17.3 Å². The highest BCUT2D eigenvalue weighted by Crippen LogP contribution is 2.62. The lowest BCUT2D eigenvalue weighted by Crippen LogP contribution is -2.43. The Kier molecular flexibility index (Phi) is 2.89. The van der Waals surface area contributed by atoms with Crippen molar-refractivity contribution >= 4 is 17.3 Å². The molecule has 0 aliphatic heterocycles. The van der Waals surface area contributed by atoms with Crippen LogP contribution in [-0.4, -0.2) is 17.3 Å². The Morgan fingerprint density at radius 1 is 0.957 bits per heavy atom. The van der Waals surface area contributed by atoms with E-state index in [9.17, 15) is 14.4 Å². The number of benzene rings is 2. The minimum Gasteiger partial charge on any atom is -0.293 e. The zero-order chi connectivity index (χ0) is 16.2. The van der Waals surface area contributed by atoms with E-state index in [0.717, 1.165) is 0 Å². The van der Waals surface area contributed by atoms with Gasteiger partial charge in [-0.3, -0.25) is 14.4 Å². The molecule has 0 saturated heterocycles. The molecule has 114 valence electrons. The maximum atomic E-state index is 13.0. The monoisotopic (exact) mass is 304 g/mol. The fourth-order valence-electron chi connectivity index (χ4n) is 3.96. The second-order valence-electron chi connectivity index (χ2n) is 6.55. The zero-order valence-corrected chi connectivity index (χ0v) is 12.8. The van der Waals surface area contributed by atoms with E-state index in [1.54, 1.807) is 48.5 Å². The molecule has 1 fully saturated rings. The Morgan fingerprint density at radius 2 is 1.52 bits per heavy atom. The number of hydrogen-bond donors (Lipinski definition) is 0. The van der Waals surface area contributed by atoms with Crippen molar-refractivity contribution in [3.63, 3.8) is 0 Å². The van der Waals surface area contributed by atoms with E-state index in [1.807, 2.05) is 13.0 Å². The third-order valence-electron chi connectivity index (χ3n) is 5.32. The molecule has 1 saturated carbocycles. The molecule has 2 aromatic carbocycles. The third-order valence-corrected chi connectivity index (χ3v) is 5.32. The second-order valence-corrected chi connectivity index (χ2v) is 6.55. The van der Waals surface area contributed by atoms with Gasteiger partial charge in [0.05, 0.1) is 11.3 Å². The smallest absolute Gasteiger partial charge is 0.175 e. The highest BCUT2D eigenvalue weighted by atomic mass is 16.2. The summed E-state index contributed by atoms with van der Waals surface area (Å²) in [6.45, 7) is 1.95. The lowest BCUT2D eigenvalue weighted by atomic mass is 9.67. The summed E-state index contributed by atoms with van der Waals surface area (Å²) in [4.78, 5) is 39.0. The van der Waals surface area contributed by atoms with E-state index < -0.39 is 11.3 Å². The molecule has 0 N–H and O–H groups in total. The molecular formula is C20H16O3. The van der Waals surface area contributed by atoms with Gasteiger partial charge in [0, 0.05) is 16.7 Å². The Morgan fingerprint density at radius 3 is 2.13 bits per heavy atom. The van der Waals surface area contributed by atoms with Crippen LogP contribution in [0, 0.1) is 17.3 Å². The van der Waals surface area contributed by atoms with Gasteiger partial charge >= 0.3 is 0 Å². The predicted octanol–water partition coefficient (Wildman–Crippen LogP) is 3.59. The van der Waals surface area contributed by atoms with E-state index in [-0.39, 0.29) is 23.3 Å². The molecule has 3 heteroatoms. The van der Waals surface area contributed by atoms with Gasteiger partial charge in [0.1, 0.15) is 0 Å². The summed E-state index contributed by atoms with van der Waals surface area (Å²) in [5.41, 5.74) is 0.519. The van der Waals surface area contributed by atoms with Crippen LogP contribution in [0.1, 0.15) is 44.4 Å². The van der Waals surface area contributed by atoms with Crippen LogP contribution >= 0.6 is 0 Å². The SMILES string of the molecule is CC1CC12C(=O)c1ccccc1C(=O)C2C(=O)c1ccccc1. The number of carbonyl (C=O) groups excluding carboxylic acids is 3. The van der Waals surface area contributed by atoms with Crippen LogP contribution in [0.5, 0.6) is 0 Å². The van der Waals surface area contributed by atoms with Crippen LogP contribution < -0.4 is 0 Å². The van der Waals surface area contributed by atoms with E-state index in [2.05, 4.69) is 0 Å². The van der Waals surface area contributed by atoms with Crippen LogP contribution in [0.25, 0.3) is 0 Å². The van der Waals surface area contributed by atoms with Crippen molar-refractivity contribution in [1.29, 1.82) is 0 Å². The summed E-state index contributed by atoms with van der Waals surface area (Å²) in [5.74, 6) is -1.32. The van der Waals surface area contributed by atoms with Gasteiger partial charge in [-0.15, -0.1) is 0 Å². The van der Waals surface area contributed by atoms with Crippen molar-refractivity contribution in [3.8, 4) is 0 Å². The predicted molar refractivity (Wildman–Crippen MR) is 85.6 cm³/mol. The number of Topliss-reactive ketones (excluding diaryl/α,β-unsaturated/α-hetero) is 3. The van der Waals surface area contributed by atoms with Crippen LogP contribution in [0.2, 0.25) is 0 Å². The zero-order valence-electron chi connectivity index (χ0n) is 12.8. The summed E-state index contributed by atoms with van der Waals surface area (Å²) in [7, 11) is 0. The largest absolute Gasteiger partial charge is 0.293 e. The van der Waals surface area contributed by atoms with E-state index in [0.29, 0.717) is 23.1 Å². The Hall–Kier alpha value is -2.55. The number of rotatable bonds is 2. The Balaban J connectivity index is 1.88. The second kappa shape index (κ2) is 4.72. The van der Waals surface area contributed by atoms with Gasteiger partial charge in [-0.1, -0.05) is 61.5 Å². The van der Waals surface area contributed by atoms with Crippen molar-refractivity contribution < 1.29 is 14.4 Å². The fraction of sp³-hybridized carbons (Fsp3) is 0.250. The first-order valence-corrected chi connectivity index (χ1v) is 7.84. The van der Waals surface area contributed by atoms with E-state index >= 15 is 0 Å². The quantitative estimate of drug-likeness (QED) is 0.629. The third kappa shape index (κ3) is 1.79. The molecule has 4 rings (SSSR count). The molecule has 2 aromatic rings. The van der Waals surface area contributed by atoms with Gasteiger partial charge in [-0.25, -0.2) is 0 Å². The standard InChI is InChI=1S/C20H16O3/c1-12-11-20(12)16(17(21)13-7-3-2-4-8-13)18(22)14-9-5-6-10-15(14)19(20)23/h2-10,12,16H,11H2,1H3. The van der Waals surface area contributed by atoms with Gasteiger partial charge < -0.3 is 0 Å². The van der Waals surface area contributed by atoms with E-state index in [4.69, 9.17) is 0 Å². The van der Waals surface area contributed by atoms with Gasteiger partial charge in [0.2, 0.25) is 0 Å². The molecule has 3 atom stereocenters. The highest BCUT2D eigenvalue weighted by molar-refractivity contribution is 6.27. The van der Waals surface area contributed by atoms with Gasteiger partial charge in [0.25, 0.3) is 0 Å². The van der Waals surface area contributed by atoms with Gasteiger partial charge in [-0.05, 0) is 12.3 Å². The fourth-order valence-corrected chi connectivity index (χ4v) is 3.96. The summed E-state index contributed by atoms with van der Waals surface area (Å²) < 4.78 is 0. The maximum absolute atomic E-state index is 13.0. The first-order chi connectivity index (χ1) is 11.1. The summed E-state index contributed by atoms with van der Waals surface area (Å²) in [5, 5.41) is 0. The normalized spacial score (nSPS) is 28.6. The molecule has 0 bridgehead atoms. The minimum absolute atomic E-state index is 0.0468. The van der Waals surface area contributed by atoms with Gasteiger partial charge in [0.15, 0.2) is 17.3 Å². The summed E-state index contributed by atoms with van der Waals surface area (Å²) >= 11 is 0. The molecule has 23 heavy (non-hydrogen) atoms. The van der Waals surface area contributed by atoms with Crippen molar-refractivity contribution in [2.45, 2.75) is 13.3 Å². The molecule has 2 aliphatic carbocycles. The number of carbonyl (C=O) groups is 3. The van der Waals surface area contributed by atoms with Crippen LogP contribution in [0.15, 0.2) is 54.6 Å². The Labute approximate surface area is 134 Å². The van der Waals surface area contributed by atoms with Gasteiger partial charge in [-0.2, -0.15) is 0 Å². The maximum Gasteiger partial charge on any atom is 0.175 e. The number of ketones is 3. The summed E-state index contributed by atoms with van der Waals surface area (Å²) in [6.07, 6.45) is 0.606. The van der Waals surface area contributed by atoms with Crippen molar-refractivity contribution in [2.75, 3.05) is 0 Å². The molecule has 0 heterocycles. The molecule has 0 amide bonds. The van der Waals surface area contributed by atoms with E-state index in [1.165, 1.54) is 0 Å². The average Bonchev–Trinajstić information content (AvgIpc) is 3.25. The molecule has 2 aliphatic rings. The number of hydrogen-bond acceptors (Lipinski definition) is 3. The van der Waals surface area contributed by atoms with Crippen LogP contribution in [0.3, 0.4) is 0 Å². The average molecular weight is 304 g/mol. The van der Waals surface area contributed by atoms with Crippen molar-refractivity contribution in [3.05, 3.63) is 71.3 Å². The molecule has 0 radical (unpaired) electrons. The topological polar surface area (TPSA) is 51.2 Å². The van der Waals surface area contributed by atoms with Crippen LogP contribution in [-0.2, 0) is 0 Å². The first kappa shape index (κ1) is 14.1. The molecule has 0 aromatic heterocycles. The molecule has 3 unspecified atom stereocenters. The molecular weight excluding hydrogens is 288 g/mol. The molecule has 3 nitrogen and oxygen atoms in total. The number of fused-ring (bicyclic) bond motifs is 1. The molecule has 1 spiro atoms. The lowest BCUT2D eigenvalue weighted by Gasteiger charge is -2.30. The summed E-state index contributed by atoms with van der Waals surface area (Å²) in [6, 6.07) is 15.7. The van der Waals surface area contributed by atoms with Crippen molar-refractivity contribution in [1.82, 2.24) is 0 Å².